The van der Waals surface area contributed by atoms with Crippen LogP contribution in [0.15, 0.2) is 158 Å². The third-order valence-corrected chi connectivity index (χ3v) is 10.8. The summed E-state index contributed by atoms with van der Waals surface area (Å²) in [7, 11) is 0. The van der Waals surface area contributed by atoms with Gasteiger partial charge in [0.25, 0.3) is 0 Å². The molecule has 0 aliphatic heterocycles. The molecule has 9 rings (SSSR count). The van der Waals surface area contributed by atoms with Gasteiger partial charge in [0, 0.05) is 44.7 Å². The summed E-state index contributed by atoms with van der Waals surface area (Å²) in [6.07, 6.45) is 0. The Kier molecular flexibility index (Phi) is 6.23. The molecule has 2 aliphatic rings. The lowest BCUT2D eigenvalue weighted by Crippen LogP contribution is -2.25. The van der Waals surface area contributed by atoms with E-state index >= 15 is 0 Å². The van der Waals surface area contributed by atoms with Gasteiger partial charge in [-0.1, -0.05) is 119 Å². The van der Waals surface area contributed by atoms with Crippen molar-refractivity contribution in [1.29, 1.82) is 0 Å². The molecule has 0 spiro atoms. The number of benzene rings is 7. The standard InChI is InChI=1S/C46H38N2/c1-45(2)37-27-17-26-36-41(48(33-22-13-7-14-23-33)34-24-15-8-16-25-34)30-40-44(42(36)37)43-38(45)28-35(29-39(43)46(40,3)4)47(31-18-9-5-10-19-31)32-20-11-6-12-21-32/h5-30H,1-4H3. The highest BCUT2D eigenvalue weighted by molar-refractivity contribution is 6.14. The van der Waals surface area contributed by atoms with E-state index < -0.39 is 0 Å². The first-order valence-electron chi connectivity index (χ1n) is 17.0. The van der Waals surface area contributed by atoms with E-state index in [0.29, 0.717) is 0 Å². The third kappa shape index (κ3) is 4.05. The van der Waals surface area contributed by atoms with Gasteiger partial charge in [0.15, 0.2) is 0 Å². The van der Waals surface area contributed by atoms with Gasteiger partial charge in [-0.3, -0.25) is 0 Å². The van der Waals surface area contributed by atoms with Crippen LogP contribution in [0, 0.1) is 0 Å². The van der Waals surface area contributed by atoms with Gasteiger partial charge in [-0.25, -0.2) is 0 Å². The van der Waals surface area contributed by atoms with Crippen molar-refractivity contribution in [3.05, 3.63) is 180 Å². The second kappa shape index (κ2) is 10.5. The minimum absolute atomic E-state index is 0.216. The van der Waals surface area contributed by atoms with E-state index in [1.165, 1.54) is 55.5 Å². The lowest BCUT2D eigenvalue weighted by molar-refractivity contribution is 0.639. The SMILES string of the molecule is CC1(C)c2cc(N(c3ccccc3)c3ccccc3)cc3c2-c2c1cc(N(c1ccccc1)c1ccccc1)c1cccc(c21)C3(C)C. The first kappa shape index (κ1) is 28.6. The van der Waals surface area contributed by atoms with Crippen molar-refractivity contribution < 1.29 is 0 Å². The summed E-state index contributed by atoms with van der Waals surface area (Å²) in [5.74, 6) is 0. The fourth-order valence-electron chi connectivity index (χ4n) is 8.40. The predicted molar refractivity (Wildman–Crippen MR) is 203 cm³/mol. The van der Waals surface area contributed by atoms with E-state index in [-0.39, 0.29) is 10.8 Å². The van der Waals surface area contributed by atoms with Crippen molar-refractivity contribution >= 4 is 44.9 Å². The van der Waals surface area contributed by atoms with Crippen LogP contribution in [-0.4, -0.2) is 0 Å². The van der Waals surface area contributed by atoms with Crippen molar-refractivity contribution in [1.82, 2.24) is 0 Å². The van der Waals surface area contributed by atoms with Crippen LogP contribution in [0.3, 0.4) is 0 Å². The molecule has 2 aliphatic carbocycles. The number of hydrogen-bond donors (Lipinski definition) is 0. The molecule has 0 saturated carbocycles. The summed E-state index contributed by atoms with van der Waals surface area (Å²) < 4.78 is 0. The highest BCUT2D eigenvalue weighted by atomic mass is 15.1. The molecule has 0 amide bonds. The average molecular weight is 619 g/mol. The minimum atomic E-state index is -0.218. The van der Waals surface area contributed by atoms with Crippen molar-refractivity contribution in [2.75, 3.05) is 9.80 Å². The highest BCUT2D eigenvalue weighted by Gasteiger charge is 2.46. The molecule has 0 fully saturated rings. The summed E-state index contributed by atoms with van der Waals surface area (Å²) >= 11 is 0. The van der Waals surface area contributed by atoms with Gasteiger partial charge < -0.3 is 9.80 Å². The maximum absolute atomic E-state index is 2.50. The molecular formula is C46H38N2. The Morgan fingerprint density at radius 2 is 0.771 bits per heavy atom. The molecule has 48 heavy (non-hydrogen) atoms. The molecule has 0 radical (unpaired) electrons. The van der Waals surface area contributed by atoms with Crippen LogP contribution in [-0.2, 0) is 10.8 Å². The van der Waals surface area contributed by atoms with Crippen molar-refractivity contribution in [3.8, 4) is 11.1 Å². The number of anilines is 6. The molecule has 0 aromatic heterocycles. The van der Waals surface area contributed by atoms with Crippen molar-refractivity contribution in [3.63, 3.8) is 0 Å². The molecule has 7 aromatic carbocycles. The molecule has 0 heterocycles. The van der Waals surface area contributed by atoms with Crippen LogP contribution >= 0.6 is 0 Å². The monoisotopic (exact) mass is 618 g/mol. The van der Waals surface area contributed by atoms with E-state index in [1.54, 1.807) is 0 Å². The number of hydrogen-bond acceptors (Lipinski definition) is 2. The largest absolute Gasteiger partial charge is 0.310 e. The Hall–Kier alpha value is -5.60. The van der Waals surface area contributed by atoms with Crippen LogP contribution in [0.5, 0.6) is 0 Å². The quantitative estimate of drug-likeness (QED) is 0.183. The maximum atomic E-state index is 2.50. The Bertz CT molecular complexity index is 2240. The fourth-order valence-corrected chi connectivity index (χ4v) is 8.40. The summed E-state index contributed by atoms with van der Waals surface area (Å²) in [6, 6.07) is 57.6. The Balaban J connectivity index is 1.36. The number of rotatable bonds is 6. The highest BCUT2D eigenvalue weighted by Crippen LogP contribution is 2.62. The van der Waals surface area contributed by atoms with Crippen LogP contribution < -0.4 is 9.80 Å². The smallest absolute Gasteiger partial charge is 0.0543 e. The van der Waals surface area contributed by atoms with Gasteiger partial charge in [0.05, 0.1) is 5.69 Å². The molecule has 232 valence electrons. The third-order valence-electron chi connectivity index (χ3n) is 10.8. The topological polar surface area (TPSA) is 6.48 Å². The average Bonchev–Trinajstić information content (AvgIpc) is 3.35. The number of para-hydroxylation sites is 4. The van der Waals surface area contributed by atoms with Crippen molar-refractivity contribution in [2.24, 2.45) is 0 Å². The van der Waals surface area contributed by atoms with Crippen molar-refractivity contribution in [2.45, 2.75) is 38.5 Å². The molecular weight excluding hydrogens is 581 g/mol. The predicted octanol–water partition coefficient (Wildman–Crippen LogP) is 12.7. The fraction of sp³-hybridized carbons (Fsp3) is 0.130. The molecule has 7 aromatic rings. The van der Waals surface area contributed by atoms with Crippen LogP contribution in [0.1, 0.15) is 49.9 Å². The molecule has 0 atom stereocenters. The molecule has 0 saturated heterocycles. The Morgan fingerprint density at radius 3 is 1.25 bits per heavy atom. The second-order valence-corrected chi connectivity index (χ2v) is 14.2. The molecule has 0 unspecified atom stereocenters. The number of nitrogens with zero attached hydrogens (tertiary/aromatic N) is 2. The molecule has 2 nitrogen and oxygen atoms in total. The van der Waals surface area contributed by atoms with E-state index in [9.17, 15) is 0 Å². The van der Waals surface area contributed by atoms with E-state index in [2.05, 4.69) is 195 Å². The maximum Gasteiger partial charge on any atom is 0.0543 e. The van der Waals surface area contributed by atoms with E-state index in [0.717, 1.165) is 22.7 Å². The van der Waals surface area contributed by atoms with Crippen LogP contribution in [0.2, 0.25) is 0 Å². The van der Waals surface area contributed by atoms with Gasteiger partial charge in [-0.2, -0.15) is 0 Å². The zero-order valence-corrected chi connectivity index (χ0v) is 27.9. The lowest BCUT2D eigenvalue weighted by Gasteiger charge is -2.37. The van der Waals surface area contributed by atoms with E-state index in [4.69, 9.17) is 0 Å². The van der Waals surface area contributed by atoms with Gasteiger partial charge >= 0.3 is 0 Å². The van der Waals surface area contributed by atoms with Gasteiger partial charge in [-0.15, -0.1) is 0 Å². The minimum Gasteiger partial charge on any atom is -0.310 e. The van der Waals surface area contributed by atoms with Crippen LogP contribution in [0.4, 0.5) is 34.1 Å². The van der Waals surface area contributed by atoms with Gasteiger partial charge in [0.2, 0.25) is 0 Å². The summed E-state index contributed by atoms with van der Waals surface area (Å²) in [5, 5.41) is 2.68. The summed E-state index contributed by atoms with van der Waals surface area (Å²) in [5.41, 5.74) is 15.0. The van der Waals surface area contributed by atoms with Gasteiger partial charge in [-0.05, 0) is 105 Å². The van der Waals surface area contributed by atoms with E-state index in [1.807, 2.05) is 0 Å². The van der Waals surface area contributed by atoms with Gasteiger partial charge in [0.1, 0.15) is 0 Å². The molecule has 2 heteroatoms. The summed E-state index contributed by atoms with van der Waals surface area (Å²) in [4.78, 5) is 4.86. The zero-order valence-electron chi connectivity index (χ0n) is 27.9. The first-order chi connectivity index (χ1) is 23.4. The van der Waals surface area contributed by atoms with Crippen LogP contribution in [0.25, 0.3) is 21.9 Å². The molecule has 0 bridgehead atoms. The normalized spacial score (nSPS) is 14.6. The first-order valence-corrected chi connectivity index (χ1v) is 17.0. The Labute approximate surface area is 283 Å². The summed E-state index contributed by atoms with van der Waals surface area (Å²) in [6.45, 7) is 9.69. The Morgan fingerprint density at radius 1 is 0.354 bits per heavy atom. The zero-order chi connectivity index (χ0) is 32.6. The second-order valence-electron chi connectivity index (χ2n) is 14.2. The molecule has 0 N–H and O–H groups in total. The lowest BCUT2D eigenvalue weighted by atomic mass is 9.68.